The summed E-state index contributed by atoms with van der Waals surface area (Å²) in [5.74, 6) is -0.418. The van der Waals surface area contributed by atoms with Gasteiger partial charge in [0.2, 0.25) is 0 Å². The molecule has 1 amide bonds. The summed E-state index contributed by atoms with van der Waals surface area (Å²) in [6.07, 6.45) is 0. The van der Waals surface area contributed by atoms with Crippen molar-refractivity contribution in [2.24, 2.45) is 5.73 Å². The second kappa shape index (κ2) is 5.81. The van der Waals surface area contributed by atoms with E-state index in [1.807, 2.05) is 0 Å². The predicted octanol–water partition coefficient (Wildman–Crippen LogP) is -1.73. The van der Waals surface area contributed by atoms with E-state index in [0.717, 1.165) is 0 Å². The molecule has 110 valence electrons. The molecule has 1 aromatic heterocycles. The Morgan fingerprint density at radius 1 is 1.24 bits per heavy atom. The SMILES string of the molecule is COc1cc(-c2n[nH]nc2C(N)=O)cc(OC)c1B(O)O. The number of nitrogens with zero attached hydrogens (tertiary/aromatic N) is 2. The molecule has 1 aromatic carbocycles. The Hall–Kier alpha value is -2.59. The first-order valence-corrected chi connectivity index (χ1v) is 5.82. The fraction of sp³-hybridized carbons (Fsp3) is 0.182. The van der Waals surface area contributed by atoms with Gasteiger partial charge in [-0.25, -0.2) is 0 Å². The molecule has 0 saturated carbocycles. The molecule has 0 bridgehead atoms. The second-order valence-electron chi connectivity index (χ2n) is 4.05. The van der Waals surface area contributed by atoms with Gasteiger partial charge in [0.25, 0.3) is 5.91 Å². The fourth-order valence-electron chi connectivity index (χ4n) is 1.93. The number of hydrogen-bond acceptors (Lipinski definition) is 7. The zero-order chi connectivity index (χ0) is 15.6. The number of hydrogen-bond donors (Lipinski definition) is 4. The number of carbonyl (C=O) groups excluding carboxylic acids is 1. The Kier molecular flexibility index (Phi) is 4.10. The summed E-state index contributed by atoms with van der Waals surface area (Å²) in [6.45, 7) is 0. The Bertz CT molecular complexity index is 647. The van der Waals surface area contributed by atoms with E-state index >= 15 is 0 Å². The van der Waals surface area contributed by atoms with Gasteiger partial charge in [-0.3, -0.25) is 4.79 Å². The number of nitrogens with two attached hydrogens (primary N) is 1. The molecule has 0 unspecified atom stereocenters. The highest BCUT2D eigenvalue weighted by Crippen LogP contribution is 2.28. The van der Waals surface area contributed by atoms with E-state index in [2.05, 4.69) is 15.4 Å². The first kappa shape index (κ1) is 14.8. The highest BCUT2D eigenvalue weighted by molar-refractivity contribution is 6.61. The monoisotopic (exact) mass is 292 g/mol. The third-order valence-electron chi connectivity index (χ3n) is 2.86. The molecular weight excluding hydrogens is 279 g/mol. The van der Waals surface area contributed by atoms with Crippen molar-refractivity contribution in [3.8, 4) is 22.8 Å². The van der Waals surface area contributed by atoms with E-state index in [4.69, 9.17) is 15.2 Å². The maximum Gasteiger partial charge on any atom is 0.496 e. The summed E-state index contributed by atoms with van der Waals surface area (Å²) in [6, 6.07) is 2.95. The van der Waals surface area contributed by atoms with Crippen LogP contribution < -0.4 is 20.7 Å². The van der Waals surface area contributed by atoms with Gasteiger partial charge < -0.3 is 25.3 Å². The number of ether oxygens (including phenoxy) is 2. The van der Waals surface area contributed by atoms with E-state index < -0.39 is 13.0 Å². The van der Waals surface area contributed by atoms with E-state index in [-0.39, 0.29) is 28.3 Å². The van der Waals surface area contributed by atoms with Gasteiger partial charge in [0.1, 0.15) is 17.2 Å². The predicted molar refractivity (Wildman–Crippen MR) is 73.3 cm³/mol. The van der Waals surface area contributed by atoms with Crippen LogP contribution in [0.4, 0.5) is 0 Å². The number of methoxy groups -OCH3 is 2. The molecule has 2 rings (SSSR count). The van der Waals surface area contributed by atoms with Crippen molar-refractivity contribution in [2.45, 2.75) is 0 Å². The molecule has 0 aliphatic rings. The summed E-state index contributed by atoms with van der Waals surface area (Å²) >= 11 is 0. The average molecular weight is 292 g/mol. The van der Waals surface area contributed by atoms with Crippen LogP contribution in [0.5, 0.6) is 11.5 Å². The number of amides is 1. The fourth-order valence-corrected chi connectivity index (χ4v) is 1.93. The largest absolute Gasteiger partial charge is 0.497 e. The normalized spacial score (nSPS) is 10.3. The Balaban J connectivity index is 2.66. The van der Waals surface area contributed by atoms with Gasteiger partial charge in [0.15, 0.2) is 5.69 Å². The maximum atomic E-state index is 11.3. The summed E-state index contributed by atoms with van der Waals surface area (Å²) in [5.41, 5.74) is 5.86. The molecule has 0 spiro atoms. The molecular formula is C11H13BN4O5. The number of rotatable bonds is 5. The molecule has 0 aliphatic carbocycles. The maximum absolute atomic E-state index is 11.3. The van der Waals surface area contributed by atoms with Crippen molar-refractivity contribution in [2.75, 3.05) is 14.2 Å². The lowest BCUT2D eigenvalue weighted by Crippen LogP contribution is -2.32. The first-order chi connectivity index (χ1) is 9.99. The van der Waals surface area contributed by atoms with E-state index in [1.165, 1.54) is 26.4 Å². The molecule has 5 N–H and O–H groups in total. The number of benzene rings is 1. The highest BCUT2D eigenvalue weighted by Gasteiger charge is 2.25. The minimum atomic E-state index is -1.78. The Labute approximate surface area is 119 Å². The molecule has 2 aromatic rings. The number of aromatic nitrogens is 3. The van der Waals surface area contributed by atoms with Gasteiger partial charge in [-0.2, -0.15) is 15.4 Å². The zero-order valence-electron chi connectivity index (χ0n) is 11.3. The van der Waals surface area contributed by atoms with Gasteiger partial charge in [0, 0.05) is 5.56 Å². The molecule has 0 aliphatic heterocycles. The van der Waals surface area contributed by atoms with Crippen LogP contribution in [-0.4, -0.2) is 52.7 Å². The van der Waals surface area contributed by atoms with Crippen LogP contribution in [0.1, 0.15) is 10.5 Å². The van der Waals surface area contributed by atoms with Crippen molar-refractivity contribution < 1.29 is 24.3 Å². The summed E-state index contributed by atoms with van der Waals surface area (Å²) in [7, 11) is 0.946. The standard InChI is InChI=1S/C11H13BN4O5/c1-20-6-3-5(4-7(21-2)8(6)12(18)19)9-10(11(13)17)15-16-14-9/h3-4,18-19H,1-2H3,(H2,13,17)(H,14,15,16). The summed E-state index contributed by atoms with van der Waals surface area (Å²) in [4.78, 5) is 11.3. The summed E-state index contributed by atoms with van der Waals surface area (Å²) < 4.78 is 10.2. The van der Waals surface area contributed by atoms with Crippen LogP contribution in [0.25, 0.3) is 11.3 Å². The third-order valence-corrected chi connectivity index (χ3v) is 2.86. The minimum Gasteiger partial charge on any atom is -0.497 e. The molecule has 10 heteroatoms. The average Bonchev–Trinajstić information content (AvgIpc) is 2.95. The smallest absolute Gasteiger partial charge is 0.496 e. The van der Waals surface area contributed by atoms with E-state index in [9.17, 15) is 14.8 Å². The number of nitrogens with one attached hydrogen (secondary N) is 1. The Morgan fingerprint density at radius 2 is 1.81 bits per heavy atom. The van der Waals surface area contributed by atoms with Gasteiger partial charge in [0.05, 0.1) is 19.7 Å². The number of carbonyl (C=O) groups is 1. The molecule has 0 radical (unpaired) electrons. The minimum absolute atomic E-state index is 0.0450. The third kappa shape index (κ3) is 2.66. The lowest BCUT2D eigenvalue weighted by molar-refractivity contribution is 0.0996. The van der Waals surface area contributed by atoms with Crippen LogP contribution in [0.15, 0.2) is 12.1 Å². The number of aromatic amines is 1. The van der Waals surface area contributed by atoms with Crippen molar-refractivity contribution in [3.63, 3.8) is 0 Å². The van der Waals surface area contributed by atoms with Gasteiger partial charge in [-0.15, -0.1) is 0 Å². The molecule has 1 heterocycles. The van der Waals surface area contributed by atoms with Gasteiger partial charge >= 0.3 is 7.12 Å². The van der Waals surface area contributed by atoms with Crippen LogP contribution >= 0.6 is 0 Å². The number of H-pyrrole nitrogens is 1. The first-order valence-electron chi connectivity index (χ1n) is 5.82. The second-order valence-corrected chi connectivity index (χ2v) is 4.05. The molecule has 9 nitrogen and oxygen atoms in total. The quantitative estimate of drug-likeness (QED) is 0.479. The van der Waals surface area contributed by atoms with Crippen LogP contribution in [0.3, 0.4) is 0 Å². The van der Waals surface area contributed by atoms with Crippen molar-refractivity contribution in [1.29, 1.82) is 0 Å². The summed E-state index contributed by atoms with van der Waals surface area (Å²) in [5, 5.41) is 28.6. The van der Waals surface area contributed by atoms with Crippen LogP contribution in [0, 0.1) is 0 Å². The van der Waals surface area contributed by atoms with Crippen LogP contribution in [-0.2, 0) is 0 Å². The van der Waals surface area contributed by atoms with Crippen molar-refractivity contribution in [1.82, 2.24) is 15.4 Å². The molecule has 0 fully saturated rings. The highest BCUT2D eigenvalue weighted by atomic mass is 16.5. The van der Waals surface area contributed by atoms with Crippen LogP contribution in [0.2, 0.25) is 0 Å². The zero-order valence-corrected chi connectivity index (χ0v) is 11.3. The molecule has 21 heavy (non-hydrogen) atoms. The van der Waals surface area contributed by atoms with Crippen molar-refractivity contribution >= 4 is 18.5 Å². The lowest BCUT2D eigenvalue weighted by Gasteiger charge is -2.14. The molecule has 0 saturated heterocycles. The molecule has 0 atom stereocenters. The Morgan fingerprint density at radius 3 is 2.24 bits per heavy atom. The van der Waals surface area contributed by atoms with E-state index in [0.29, 0.717) is 5.56 Å². The van der Waals surface area contributed by atoms with Gasteiger partial charge in [-0.05, 0) is 12.1 Å². The number of primary amides is 1. The van der Waals surface area contributed by atoms with Crippen molar-refractivity contribution in [3.05, 3.63) is 17.8 Å². The topological polar surface area (TPSA) is 144 Å². The lowest BCUT2D eigenvalue weighted by atomic mass is 9.78. The van der Waals surface area contributed by atoms with E-state index in [1.54, 1.807) is 0 Å². The van der Waals surface area contributed by atoms with Gasteiger partial charge in [-0.1, -0.05) is 0 Å².